The molecular formula is C19H21NO5S. The van der Waals surface area contributed by atoms with E-state index in [1.807, 2.05) is 37.4 Å². The van der Waals surface area contributed by atoms with Crippen LogP contribution in [0.4, 0.5) is 0 Å². The second kappa shape index (κ2) is 7.90. The maximum absolute atomic E-state index is 12.3. The van der Waals surface area contributed by atoms with Crippen molar-refractivity contribution in [2.45, 2.75) is 17.9 Å². The van der Waals surface area contributed by atoms with Crippen LogP contribution in [-0.2, 0) is 19.0 Å². The fourth-order valence-electron chi connectivity index (χ4n) is 2.49. The van der Waals surface area contributed by atoms with E-state index < -0.39 is 16.2 Å². The molecule has 1 atom stereocenters. The number of nitrogens with one attached hydrogen (secondary N) is 1. The average Bonchev–Trinajstić information content (AvgIpc) is 3.11. The number of hydrogen-bond donors (Lipinski definition) is 1. The van der Waals surface area contributed by atoms with Crippen molar-refractivity contribution in [3.8, 4) is 5.75 Å². The number of benzene rings is 2. The molecule has 7 heteroatoms. The van der Waals surface area contributed by atoms with Crippen molar-refractivity contribution in [2.24, 2.45) is 0 Å². The zero-order valence-electron chi connectivity index (χ0n) is 14.6. The van der Waals surface area contributed by atoms with Crippen molar-refractivity contribution in [2.75, 3.05) is 20.3 Å². The van der Waals surface area contributed by atoms with E-state index in [9.17, 15) is 8.42 Å². The first-order valence-electron chi connectivity index (χ1n) is 8.17. The predicted octanol–water partition coefficient (Wildman–Crippen LogP) is 3.28. The number of ether oxygens (including phenoxy) is 2. The second-order valence-corrected chi connectivity index (χ2v) is 7.53. The molecule has 6 nitrogen and oxygen atoms in total. The molecule has 3 aromatic rings. The first-order chi connectivity index (χ1) is 12.5. The van der Waals surface area contributed by atoms with Crippen LogP contribution in [0, 0.1) is 6.92 Å². The molecule has 2 aromatic carbocycles. The third-order valence-electron chi connectivity index (χ3n) is 4.03. The zero-order valence-corrected chi connectivity index (χ0v) is 15.5. The van der Waals surface area contributed by atoms with Crippen molar-refractivity contribution < 1.29 is 22.1 Å². The van der Waals surface area contributed by atoms with E-state index in [-0.39, 0.29) is 18.1 Å². The lowest BCUT2D eigenvalue weighted by Crippen LogP contribution is -2.27. The number of hydrogen-bond acceptors (Lipinski definition) is 5. The summed E-state index contributed by atoms with van der Waals surface area (Å²) in [6, 6.07) is 14.1. The number of aromatic nitrogens is 1. The van der Waals surface area contributed by atoms with E-state index in [0.29, 0.717) is 5.75 Å². The van der Waals surface area contributed by atoms with Crippen LogP contribution in [0.2, 0.25) is 0 Å². The van der Waals surface area contributed by atoms with Crippen LogP contribution in [0.5, 0.6) is 5.75 Å². The Morgan fingerprint density at radius 2 is 1.81 bits per heavy atom. The fraction of sp³-hybridized carbons (Fsp3) is 0.263. The second-order valence-electron chi connectivity index (χ2n) is 5.92. The fourth-order valence-corrected chi connectivity index (χ4v) is 3.42. The molecule has 0 spiro atoms. The number of rotatable bonds is 8. The topological polar surface area (TPSA) is 77.6 Å². The molecule has 1 aromatic heterocycles. The summed E-state index contributed by atoms with van der Waals surface area (Å²) in [5.74, 6) is 0.701. The van der Waals surface area contributed by atoms with Gasteiger partial charge in [-0.15, -0.1) is 0 Å². The normalized spacial score (nSPS) is 13.0. The highest BCUT2D eigenvalue weighted by Gasteiger charge is 2.19. The molecule has 0 aliphatic heterocycles. The van der Waals surface area contributed by atoms with Crippen molar-refractivity contribution in [1.82, 2.24) is 4.98 Å². The van der Waals surface area contributed by atoms with Gasteiger partial charge in [0.05, 0.1) is 11.5 Å². The van der Waals surface area contributed by atoms with Crippen molar-refractivity contribution in [3.05, 3.63) is 60.3 Å². The van der Waals surface area contributed by atoms with Crippen LogP contribution in [-0.4, -0.2) is 39.8 Å². The maximum atomic E-state index is 12.3. The molecule has 26 heavy (non-hydrogen) atoms. The van der Waals surface area contributed by atoms with Gasteiger partial charge in [-0.1, -0.05) is 23.8 Å². The third-order valence-corrected chi connectivity index (χ3v) is 5.33. The number of methoxy groups -OCH3 is 1. The zero-order chi connectivity index (χ0) is 18.6. The first kappa shape index (κ1) is 18.4. The van der Waals surface area contributed by atoms with Gasteiger partial charge in [0.25, 0.3) is 10.1 Å². The summed E-state index contributed by atoms with van der Waals surface area (Å²) in [6.07, 6.45) is 1.31. The molecule has 1 N–H and O–H groups in total. The first-order valence-corrected chi connectivity index (χ1v) is 9.58. The monoisotopic (exact) mass is 375 g/mol. The molecule has 138 valence electrons. The third kappa shape index (κ3) is 4.24. The van der Waals surface area contributed by atoms with Gasteiger partial charge in [0.1, 0.15) is 18.5 Å². The van der Waals surface area contributed by atoms with Crippen molar-refractivity contribution >= 4 is 21.0 Å². The minimum Gasteiger partial charge on any atom is -0.490 e. The molecular weight excluding hydrogens is 354 g/mol. The summed E-state index contributed by atoms with van der Waals surface area (Å²) >= 11 is 0. The number of aromatic amines is 1. The van der Waals surface area contributed by atoms with Crippen LogP contribution in [0.1, 0.15) is 5.56 Å². The molecule has 0 radical (unpaired) electrons. The molecule has 1 heterocycles. The van der Waals surface area contributed by atoms with Gasteiger partial charge in [-0.2, -0.15) is 8.42 Å². The number of aryl methyl sites for hydroxylation is 1. The van der Waals surface area contributed by atoms with Crippen molar-refractivity contribution in [1.29, 1.82) is 0 Å². The summed E-state index contributed by atoms with van der Waals surface area (Å²) in [4.78, 5) is 3.23. The molecule has 0 amide bonds. The summed E-state index contributed by atoms with van der Waals surface area (Å²) in [6.45, 7) is 1.93. The summed E-state index contributed by atoms with van der Waals surface area (Å²) in [5.41, 5.74) is 1.95. The lowest BCUT2D eigenvalue weighted by molar-refractivity contribution is 0.0259. The molecule has 0 bridgehead atoms. The highest BCUT2D eigenvalue weighted by Crippen LogP contribution is 2.24. The Bertz CT molecular complexity index is 963. The van der Waals surface area contributed by atoms with Crippen LogP contribution >= 0.6 is 0 Å². The minimum absolute atomic E-state index is 0.121. The molecule has 0 saturated carbocycles. The van der Waals surface area contributed by atoms with Crippen LogP contribution < -0.4 is 4.74 Å². The Morgan fingerprint density at radius 1 is 1.04 bits per heavy atom. The Labute approximate surface area is 152 Å². The average molecular weight is 375 g/mol. The van der Waals surface area contributed by atoms with E-state index >= 15 is 0 Å². The number of fused-ring (bicyclic) bond motifs is 1. The SMILES string of the molecule is COC(COc1cccc2[nH]ccc12)COS(=O)(=O)c1ccc(C)cc1. The van der Waals surface area contributed by atoms with Gasteiger partial charge in [-0.25, -0.2) is 0 Å². The van der Waals surface area contributed by atoms with E-state index in [0.717, 1.165) is 16.5 Å². The van der Waals surface area contributed by atoms with Gasteiger partial charge in [0.15, 0.2) is 0 Å². The van der Waals surface area contributed by atoms with Gasteiger partial charge in [-0.05, 0) is 37.3 Å². The van der Waals surface area contributed by atoms with Gasteiger partial charge in [0.2, 0.25) is 0 Å². The minimum atomic E-state index is -3.83. The Balaban J connectivity index is 1.61. The summed E-state index contributed by atoms with van der Waals surface area (Å²) in [5, 5.41) is 0.954. The standard InChI is InChI=1S/C19H21NO5S/c1-14-6-8-16(9-7-14)26(21,22)25-13-15(23-2)12-24-19-5-3-4-18-17(19)10-11-20-18/h3-11,15,20H,12-13H2,1-2H3. The maximum Gasteiger partial charge on any atom is 0.297 e. The van der Waals surface area contributed by atoms with Crippen LogP contribution in [0.25, 0.3) is 10.9 Å². The molecule has 0 aliphatic rings. The predicted molar refractivity (Wildman–Crippen MR) is 98.9 cm³/mol. The summed E-state index contributed by atoms with van der Waals surface area (Å²) in [7, 11) is -2.34. The molecule has 0 saturated heterocycles. The molecule has 0 aliphatic carbocycles. The largest absolute Gasteiger partial charge is 0.490 e. The lowest BCUT2D eigenvalue weighted by atomic mass is 10.2. The van der Waals surface area contributed by atoms with Gasteiger partial charge >= 0.3 is 0 Å². The number of H-pyrrole nitrogens is 1. The van der Waals surface area contributed by atoms with Gasteiger partial charge in [0, 0.05) is 24.2 Å². The Morgan fingerprint density at radius 3 is 2.54 bits per heavy atom. The highest BCUT2D eigenvalue weighted by atomic mass is 32.2. The van der Waals surface area contributed by atoms with E-state index in [2.05, 4.69) is 4.98 Å². The smallest absolute Gasteiger partial charge is 0.297 e. The Kier molecular flexibility index (Phi) is 5.61. The van der Waals surface area contributed by atoms with E-state index in [4.69, 9.17) is 13.7 Å². The van der Waals surface area contributed by atoms with E-state index in [1.165, 1.54) is 19.2 Å². The van der Waals surface area contributed by atoms with Crippen LogP contribution in [0.15, 0.2) is 59.6 Å². The van der Waals surface area contributed by atoms with Gasteiger partial charge < -0.3 is 14.5 Å². The molecule has 3 rings (SSSR count). The molecule has 1 unspecified atom stereocenters. The van der Waals surface area contributed by atoms with Gasteiger partial charge in [-0.3, -0.25) is 4.18 Å². The lowest BCUT2D eigenvalue weighted by Gasteiger charge is -2.17. The summed E-state index contributed by atoms with van der Waals surface area (Å²) < 4.78 is 40.7. The molecule has 0 fully saturated rings. The van der Waals surface area contributed by atoms with Crippen LogP contribution in [0.3, 0.4) is 0 Å². The van der Waals surface area contributed by atoms with Crippen molar-refractivity contribution in [3.63, 3.8) is 0 Å². The Hall–Kier alpha value is -2.35. The quantitative estimate of drug-likeness (QED) is 0.612. The highest BCUT2D eigenvalue weighted by molar-refractivity contribution is 7.86. The van der Waals surface area contributed by atoms with E-state index in [1.54, 1.807) is 12.1 Å².